The summed E-state index contributed by atoms with van der Waals surface area (Å²) in [4.78, 5) is 10.6. The summed E-state index contributed by atoms with van der Waals surface area (Å²) in [6.45, 7) is 0. The van der Waals surface area contributed by atoms with E-state index in [1.54, 1.807) is 0 Å². The summed E-state index contributed by atoms with van der Waals surface area (Å²) in [5, 5.41) is 18.9. The Balaban J connectivity index is 0.00000144. The van der Waals surface area contributed by atoms with Crippen LogP contribution >= 0.6 is 0 Å². The van der Waals surface area contributed by atoms with Crippen molar-refractivity contribution >= 4 is 5.97 Å². The quantitative estimate of drug-likeness (QED) is 0.379. The largest absolute Gasteiger partial charge is 1.00 e. The fourth-order valence-electron chi connectivity index (χ4n) is 2.16. The number of aliphatic hydroxyl groups is 1. The smallest absolute Gasteiger partial charge is 0.478 e. The summed E-state index contributed by atoms with van der Waals surface area (Å²) < 4.78 is 0. The van der Waals surface area contributed by atoms with Crippen LogP contribution in [-0.4, -0.2) is 16.2 Å². The van der Waals surface area contributed by atoms with Crippen molar-refractivity contribution in [3.8, 4) is 0 Å². The van der Waals surface area contributed by atoms with Crippen LogP contribution < -0.4 is 29.6 Å². The van der Waals surface area contributed by atoms with Gasteiger partial charge in [-0.2, -0.15) is 0 Å². The molecule has 3 nitrogen and oxygen atoms in total. The van der Waals surface area contributed by atoms with Gasteiger partial charge in [-0.05, 0) is 36.0 Å². The maximum Gasteiger partial charge on any atom is 1.00 e. The van der Waals surface area contributed by atoms with Crippen LogP contribution in [0.4, 0.5) is 0 Å². The van der Waals surface area contributed by atoms with E-state index in [-0.39, 0.29) is 29.6 Å². The van der Waals surface area contributed by atoms with Crippen LogP contribution in [0.5, 0.6) is 0 Å². The third kappa shape index (κ3) is 3.42. The topological polar surface area (TPSA) is 57.5 Å². The van der Waals surface area contributed by atoms with Crippen LogP contribution in [0.1, 0.15) is 30.1 Å². The van der Waals surface area contributed by atoms with E-state index in [1.807, 2.05) is 24.3 Å². The fraction of sp³-hybridized carbons (Fsp3) is 0.308. The first-order valence-corrected chi connectivity index (χ1v) is 5.38. The van der Waals surface area contributed by atoms with E-state index in [9.17, 15) is 9.90 Å². The number of aliphatic hydroxyl groups excluding tert-OH is 1. The van der Waals surface area contributed by atoms with Gasteiger partial charge in [0.25, 0.3) is 0 Å². The molecule has 1 aromatic rings. The van der Waals surface area contributed by atoms with Gasteiger partial charge in [-0.25, -0.2) is 4.79 Å². The van der Waals surface area contributed by atoms with Gasteiger partial charge in [-0.1, -0.05) is 24.3 Å². The zero-order valence-corrected chi connectivity index (χ0v) is 11.9. The molecule has 0 bridgehead atoms. The summed E-state index contributed by atoms with van der Waals surface area (Å²) >= 11 is 0. The average molecular weight is 241 g/mol. The molecule has 0 radical (unpaired) electrons. The molecule has 2 N–H and O–H groups in total. The van der Waals surface area contributed by atoms with Crippen LogP contribution in [0, 0.1) is 0 Å². The monoisotopic (exact) mass is 241 g/mol. The molecule has 1 unspecified atom stereocenters. The number of carboxylic acids is 1. The predicted molar refractivity (Wildman–Crippen MR) is 60.1 cm³/mol. The Labute approximate surface area is 122 Å². The minimum atomic E-state index is -0.992. The van der Waals surface area contributed by atoms with Crippen LogP contribution in [-0.2, 0) is 11.2 Å². The van der Waals surface area contributed by atoms with Gasteiger partial charge in [-0.15, -0.1) is 0 Å². The molecule has 0 saturated carbocycles. The Hall–Kier alpha value is -0.610. The minimum Gasteiger partial charge on any atom is -0.478 e. The molecule has 0 aliphatic heterocycles. The van der Waals surface area contributed by atoms with E-state index in [4.69, 9.17) is 5.11 Å². The molecule has 0 heterocycles. The number of rotatable bonds is 1. The second-order valence-corrected chi connectivity index (χ2v) is 4.01. The van der Waals surface area contributed by atoms with Gasteiger partial charge in [0.1, 0.15) is 6.10 Å². The molecule has 0 fully saturated rings. The van der Waals surface area contributed by atoms with Gasteiger partial charge in [0.2, 0.25) is 0 Å². The summed E-state index contributed by atoms with van der Waals surface area (Å²) in [5.41, 5.74) is 2.55. The van der Waals surface area contributed by atoms with Crippen molar-refractivity contribution < 1.29 is 44.6 Å². The molecular formula is C13H14NaO3+. The van der Waals surface area contributed by atoms with E-state index < -0.39 is 12.1 Å². The second kappa shape index (κ2) is 6.36. The van der Waals surface area contributed by atoms with Crippen LogP contribution in [0.15, 0.2) is 35.9 Å². The summed E-state index contributed by atoms with van der Waals surface area (Å²) in [7, 11) is 0. The van der Waals surface area contributed by atoms with Gasteiger partial charge in [-0.3, -0.25) is 0 Å². The molecular weight excluding hydrogens is 227 g/mol. The minimum absolute atomic E-state index is 0. The van der Waals surface area contributed by atoms with Crippen molar-refractivity contribution in [2.75, 3.05) is 0 Å². The van der Waals surface area contributed by atoms with Crippen molar-refractivity contribution in [3.05, 3.63) is 47.0 Å². The molecule has 1 aromatic carbocycles. The molecule has 1 aliphatic carbocycles. The number of carbonyl (C=O) groups is 1. The zero-order chi connectivity index (χ0) is 11.5. The third-order valence-electron chi connectivity index (χ3n) is 2.92. The second-order valence-electron chi connectivity index (χ2n) is 4.01. The van der Waals surface area contributed by atoms with E-state index >= 15 is 0 Å². The van der Waals surface area contributed by atoms with Gasteiger partial charge >= 0.3 is 35.5 Å². The molecule has 17 heavy (non-hydrogen) atoms. The van der Waals surface area contributed by atoms with E-state index in [0.29, 0.717) is 12.0 Å². The number of hydrogen-bond donors (Lipinski definition) is 2. The van der Waals surface area contributed by atoms with Gasteiger partial charge in [0.05, 0.1) is 0 Å². The standard InChI is InChI=1S/C13H14O3.Na/c14-12(15)8-10-6-3-5-9-4-1-2-7-11(9)13(10)16;/h1-2,4,7-8,13,16H,3,5-6H2,(H,14,15);/q;+1/b10-8+;. The van der Waals surface area contributed by atoms with Crippen LogP contribution in [0.25, 0.3) is 0 Å². The van der Waals surface area contributed by atoms with Crippen LogP contribution in [0.2, 0.25) is 0 Å². The van der Waals surface area contributed by atoms with Crippen LogP contribution in [0.3, 0.4) is 0 Å². The number of benzene rings is 1. The summed E-state index contributed by atoms with van der Waals surface area (Å²) in [6.07, 6.45) is 2.78. The number of hydrogen-bond acceptors (Lipinski definition) is 2. The molecule has 1 aliphatic rings. The maximum atomic E-state index is 10.6. The third-order valence-corrected chi connectivity index (χ3v) is 2.92. The SMILES string of the molecule is O=C(O)/C=C1\CCCc2ccccc2C1O.[Na+]. The first kappa shape index (κ1) is 14.5. The Bertz CT molecular complexity index is 440. The molecule has 0 amide bonds. The molecule has 84 valence electrons. The van der Waals surface area contributed by atoms with E-state index in [0.717, 1.165) is 30.0 Å². The van der Waals surface area contributed by atoms with Crippen molar-refractivity contribution in [2.24, 2.45) is 0 Å². The molecule has 2 rings (SSSR count). The number of fused-ring (bicyclic) bond motifs is 1. The Morgan fingerprint density at radius 2 is 2.00 bits per heavy atom. The number of carboxylic acid groups (broad SMARTS) is 1. The Kier molecular flexibility index (Phi) is 5.40. The number of aliphatic carboxylic acids is 1. The predicted octanol–water partition coefficient (Wildman–Crippen LogP) is -0.929. The van der Waals surface area contributed by atoms with Gasteiger partial charge < -0.3 is 10.2 Å². The molecule has 1 atom stereocenters. The molecule has 0 saturated heterocycles. The van der Waals surface area contributed by atoms with Crippen molar-refractivity contribution in [1.29, 1.82) is 0 Å². The molecule has 4 heteroatoms. The first-order chi connectivity index (χ1) is 7.68. The Morgan fingerprint density at radius 1 is 1.29 bits per heavy atom. The van der Waals surface area contributed by atoms with E-state index in [2.05, 4.69) is 0 Å². The number of aryl methyl sites for hydroxylation is 1. The maximum absolute atomic E-state index is 10.6. The van der Waals surface area contributed by atoms with Crippen molar-refractivity contribution in [2.45, 2.75) is 25.4 Å². The van der Waals surface area contributed by atoms with Crippen molar-refractivity contribution in [3.63, 3.8) is 0 Å². The molecule has 0 aromatic heterocycles. The molecule has 0 spiro atoms. The Morgan fingerprint density at radius 3 is 2.71 bits per heavy atom. The van der Waals surface area contributed by atoms with E-state index in [1.165, 1.54) is 0 Å². The van der Waals surface area contributed by atoms with Crippen molar-refractivity contribution in [1.82, 2.24) is 0 Å². The average Bonchev–Trinajstić information content (AvgIpc) is 2.40. The first-order valence-electron chi connectivity index (χ1n) is 5.38. The summed E-state index contributed by atoms with van der Waals surface area (Å²) in [5.74, 6) is -0.992. The fourth-order valence-corrected chi connectivity index (χ4v) is 2.16. The normalized spacial score (nSPS) is 21.2. The zero-order valence-electron chi connectivity index (χ0n) is 9.89. The summed E-state index contributed by atoms with van der Waals surface area (Å²) in [6, 6.07) is 7.66. The van der Waals surface area contributed by atoms with Gasteiger partial charge in [0.15, 0.2) is 0 Å². The van der Waals surface area contributed by atoms with Gasteiger partial charge in [0, 0.05) is 6.08 Å².